The smallest absolute Gasteiger partial charge is 0.325 e. The average molecular weight is 425 g/mol. The highest BCUT2D eigenvalue weighted by molar-refractivity contribution is 5.76. The zero-order chi connectivity index (χ0) is 24.7. The standard InChI is InChI=1S/C25H27NO5/c1-2-29-25(28)23(26)24(27)20-13-14-21(30-16-18-9-5-3-6-10-18)22(15-20)31-17-19-11-7-4-8-12-19/h3-15,23-24,27H,2,16-17,26H2,1H3/t23-,24+/m0/s1/i13D,14D,15D. The van der Waals surface area contributed by atoms with Crippen LogP contribution < -0.4 is 15.2 Å². The maximum atomic E-state index is 12.1. The number of ether oxygens (including phenoxy) is 3. The third kappa shape index (κ3) is 6.31. The summed E-state index contributed by atoms with van der Waals surface area (Å²) in [6.45, 7) is 1.80. The third-order valence-corrected chi connectivity index (χ3v) is 4.41. The molecule has 3 aromatic carbocycles. The minimum Gasteiger partial charge on any atom is -0.485 e. The Kier molecular flexibility index (Phi) is 6.63. The van der Waals surface area contributed by atoms with Gasteiger partial charge in [0.25, 0.3) is 0 Å². The van der Waals surface area contributed by atoms with E-state index in [2.05, 4.69) is 0 Å². The number of benzene rings is 3. The normalized spacial score (nSPS) is 14.0. The first-order valence-electron chi connectivity index (χ1n) is 11.4. The van der Waals surface area contributed by atoms with E-state index in [9.17, 15) is 9.90 Å². The van der Waals surface area contributed by atoms with Crippen LogP contribution >= 0.6 is 0 Å². The molecule has 0 unspecified atom stereocenters. The molecule has 0 amide bonds. The van der Waals surface area contributed by atoms with E-state index < -0.39 is 24.2 Å². The largest absolute Gasteiger partial charge is 0.485 e. The first-order chi connectivity index (χ1) is 16.3. The first-order valence-corrected chi connectivity index (χ1v) is 9.92. The molecule has 3 rings (SSSR count). The first kappa shape index (κ1) is 18.4. The molecular weight excluding hydrogens is 394 g/mol. The summed E-state index contributed by atoms with van der Waals surface area (Å²) in [7, 11) is 0. The molecule has 6 nitrogen and oxygen atoms in total. The highest BCUT2D eigenvalue weighted by Crippen LogP contribution is 2.33. The Balaban J connectivity index is 2.02. The molecule has 162 valence electrons. The number of rotatable bonds is 10. The lowest BCUT2D eigenvalue weighted by Gasteiger charge is -2.20. The highest BCUT2D eigenvalue weighted by atomic mass is 16.5. The van der Waals surface area contributed by atoms with Crippen LogP contribution in [0.5, 0.6) is 11.5 Å². The van der Waals surface area contributed by atoms with Crippen molar-refractivity contribution in [2.75, 3.05) is 6.61 Å². The fourth-order valence-electron chi connectivity index (χ4n) is 2.75. The molecule has 3 N–H and O–H groups in total. The van der Waals surface area contributed by atoms with Crippen molar-refractivity contribution >= 4 is 5.97 Å². The maximum absolute atomic E-state index is 12.1. The second-order valence-corrected chi connectivity index (χ2v) is 6.72. The molecule has 0 fully saturated rings. The molecule has 0 bridgehead atoms. The van der Waals surface area contributed by atoms with Gasteiger partial charge < -0.3 is 25.1 Å². The number of aliphatic hydroxyl groups excluding tert-OH is 1. The van der Waals surface area contributed by atoms with Gasteiger partial charge in [0.2, 0.25) is 0 Å². The minimum absolute atomic E-state index is 0.0577. The fraction of sp³-hybridized carbons (Fsp3) is 0.240. The second kappa shape index (κ2) is 11.2. The number of carbonyl (C=O) groups is 1. The van der Waals surface area contributed by atoms with Crippen LogP contribution in [0.15, 0.2) is 78.8 Å². The third-order valence-electron chi connectivity index (χ3n) is 4.41. The van der Waals surface area contributed by atoms with E-state index in [0.717, 1.165) is 11.1 Å². The monoisotopic (exact) mass is 424 g/mol. The molecule has 0 saturated carbocycles. The van der Waals surface area contributed by atoms with Crippen molar-refractivity contribution < 1.29 is 28.2 Å². The van der Waals surface area contributed by atoms with Crippen LogP contribution in [0.25, 0.3) is 0 Å². The van der Waals surface area contributed by atoms with Crippen molar-refractivity contribution in [3.05, 3.63) is 95.5 Å². The molecule has 0 heterocycles. The summed E-state index contributed by atoms with van der Waals surface area (Å²) < 4.78 is 42.1. The average Bonchev–Trinajstić information content (AvgIpc) is 2.85. The van der Waals surface area contributed by atoms with Crippen molar-refractivity contribution in [3.63, 3.8) is 0 Å². The van der Waals surface area contributed by atoms with Gasteiger partial charge in [-0.15, -0.1) is 0 Å². The van der Waals surface area contributed by atoms with Crippen LogP contribution in [-0.4, -0.2) is 23.7 Å². The van der Waals surface area contributed by atoms with E-state index in [0.29, 0.717) is 0 Å². The molecule has 0 spiro atoms. The summed E-state index contributed by atoms with van der Waals surface area (Å²) in [5.41, 5.74) is 7.15. The maximum Gasteiger partial charge on any atom is 0.325 e. The van der Waals surface area contributed by atoms with Gasteiger partial charge in [-0.2, -0.15) is 0 Å². The van der Waals surface area contributed by atoms with Crippen molar-refractivity contribution in [2.45, 2.75) is 32.3 Å². The molecule has 2 atom stereocenters. The quantitative estimate of drug-likeness (QED) is 0.482. The number of nitrogens with two attached hydrogens (primary N) is 1. The number of aliphatic hydroxyl groups is 1. The number of hydrogen-bond acceptors (Lipinski definition) is 6. The second-order valence-electron chi connectivity index (χ2n) is 6.72. The Labute approximate surface area is 186 Å². The molecular formula is C25H27NO5. The topological polar surface area (TPSA) is 91.0 Å². The van der Waals surface area contributed by atoms with Gasteiger partial charge in [0.05, 0.1) is 10.7 Å². The number of carbonyl (C=O) groups excluding carboxylic acids is 1. The Morgan fingerprint density at radius 1 is 0.968 bits per heavy atom. The Bertz CT molecular complexity index is 1110. The molecule has 0 aromatic heterocycles. The van der Waals surface area contributed by atoms with Crippen LogP contribution in [0.1, 0.15) is 33.8 Å². The van der Waals surface area contributed by atoms with Gasteiger partial charge in [0.1, 0.15) is 25.4 Å². The lowest BCUT2D eigenvalue weighted by Crippen LogP contribution is -2.38. The van der Waals surface area contributed by atoms with Crippen LogP contribution in [0.2, 0.25) is 0 Å². The lowest BCUT2D eigenvalue weighted by atomic mass is 10.0. The molecule has 0 saturated heterocycles. The predicted octanol–water partition coefficient (Wildman–Crippen LogP) is 3.77. The molecule has 0 aliphatic carbocycles. The minimum atomic E-state index is -1.75. The van der Waals surface area contributed by atoms with Gasteiger partial charge in [-0.1, -0.05) is 66.7 Å². The zero-order valence-electron chi connectivity index (χ0n) is 20.2. The lowest BCUT2D eigenvalue weighted by molar-refractivity contribution is -0.147. The van der Waals surface area contributed by atoms with Crippen molar-refractivity contribution in [2.24, 2.45) is 5.73 Å². The SMILES string of the molecule is [2H]c1c([2H])c([C@@H](O)[C@H](N)C(=O)OCC)c([2H])c(OCc2ccccc2)c1OCc1ccccc1. The summed E-state index contributed by atoms with van der Waals surface area (Å²) >= 11 is 0. The summed E-state index contributed by atoms with van der Waals surface area (Å²) in [6, 6.07) is 15.6. The van der Waals surface area contributed by atoms with E-state index in [1.54, 1.807) is 6.92 Å². The van der Waals surface area contributed by atoms with Gasteiger partial charge in [-0.25, -0.2) is 0 Å². The van der Waals surface area contributed by atoms with E-state index in [-0.39, 0.29) is 49.0 Å². The van der Waals surface area contributed by atoms with Crippen molar-refractivity contribution in [1.82, 2.24) is 0 Å². The van der Waals surface area contributed by atoms with E-state index >= 15 is 0 Å². The van der Waals surface area contributed by atoms with Gasteiger partial charge in [0, 0.05) is 0 Å². The van der Waals surface area contributed by atoms with E-state index in [1.165, 1.54) is 0 Å². The van der Waals surface area contributed by atoms with Gasteiger partial charge in [-0.05, 0) is 35.7 Å². The molecule has 31 heavy (non-hydrogen) atoms. The van der Waals surface area contributed by atoms with Crippen LogP contribution in [0.4, 0.5) is 0 Å². The van der Waals surface area contributed by atoms with Gasteiger partial charge in [0.15, 0.2) is 11.5 Å². The summed E-state index contributed by atoms with van der Waals surface area (Å²) in [6.07, 6.45) is -1.75. The van der Waals surface area contributed by atoms with Gasteiger partial charge >= 0.3 is 5.97 Å². The Morgan fingerprint density at radius 3 is 2.06 bits per heavy atom. The fourth-order valence-corrected chi connectivity index (χ4v) is 2.75. The van der Waals surface area contributed by atoms with Gasteiger partial charge in [-0.3, -0.25) is 4.79 Å². The van der Waals surface area contributed by atoms with E-state index in [4.69, 9.17) is 24.1 Å². The predicted molar refractivity (Wildman–Crippen MR) is 118 cm³/mol. The number of esters is 1. The Hall–Kier alpha value is -3.35. The molecule has 0 radical (unpaired) electrons. The number of hydrogen-bond donors (Lipinski definition) is 2. The van der Waals surface area contributed by atoms with Crippen molar-refractivity contribution in [3.8, 4) is 11.5 Å². The van der Waals surface area contributed by atoms with Crippen LogP contribution in [0, 0.1) is 0 Å². The highest BCUT2D eigenvalue weighted by Gasteiger charge is 2.26. The summed E-state index contributed by atoms with van der Waals surface area (Å²) in [5, 5.41) is 10.7. The zero-order valence-corrected chi connectivity index (χ0v) is 17.2. The molecule has 0 aliphatic heterocycles. The molecule has 0 aliphatic rings. The van der Waals surface area contributed by atoms with Crippen molar-refractivity contribution in [1.29, 1.82) is 0 Å². The Morgan fingerprint density at radius 2 is 1.52 bits per heavy atom. The summed E-state index contributed by atoms with van der Waals surface area (Å²) in [5.74, 6) is -1.10. The summed E-state index contributed by atoms with van der Waals surface area (Å²) in [4.78, 5) is 12.1. The molecule has 3 aromatic rings. The van der Waals surface area contributed by atoms with Crippen LogP contribution in [-0.2, 0) is 22.7 Å². The molecule has 6 heteroatoms. The van der Waals surface area contributed by atoms with E-state index in [1.807, 2.05) is 60.7 Å². The van der Waals surface area contributed by atoms with Crippen LogP contribution in [0.3, 0.4) is 0 Å².